The summed E-state index contributed by atoms with van der Waals surface area (Å²) in [4.78, 5) is 23.7. The maximum absolute atomic E-state index is 13.3. The minimum absolute atomic E-state index is 0.293. The summed E-state index contributed by atoms with van der Waals surface area (Å²) < 4.78 is 13.3. The highest BCUT2D eigenvalue weighted by Crippen LogP contribution is 2.22. The first-order valence-electron chi connectivity index (χ1n) is 9.43. The highest BCUT2D eigenvalue weighted by atomic mass is 19.1. The molecule has 1 amide bonds. The zero-order valence-electron chi connectivity index (χ0n) is 15.4. The second-order valence-electron chi connectivity index (χ2n) is 6.86. The molecule has 2 heterocycles. The van der Waals surface area contributed by atoms with Gasteiger partial charge in [-0.05, 0) is 55.2 Å². The Hall–Kier alpha value is -3.28. The Balaban J connectivity index is 1.50. The molecule has 1 aromatic heterocycles. The molecule has 3 aromatic rings. The summed E-state index contributed by atoms with van der Waals surface area (Å²) in [6.45, 7) is 1.99. The van der Waals surface area contributed by atoms with Gasteiger partial charge in [0.2, 0.25) is 5.95 Å². The molecule has 0 aliphatic carbocycles. The van der Waals surface area contributed by atoms with Crippen LogP contribution in [-0.4, -0.2) is 29.0 Å². The van der Waals surface area contributed by atoms with E-state index in [9.17, 15) is 9.18 Å². The molecule has 0 atom stereocenters. The van der Waals surface area contributed by atoms with E-state index in [1.165, 1.54) is 31.4 Å². The van der Waals surface area contributed by atoms with Crippen LogP contribution < -0.4 is 10.2 Å². The number of nitrogens with zero attached hydrogens (tertiary/aromatic N) is 3. The van der Waals surface area contributed by atoms with Gasteiger partial charge in [-0.25, -0.2) is 14.4 Å². The average Bonchev–Trinajstić information content (AvgIpc) is 2.75. The summed E-state index contributed by atoms with van der Waals surface area (Å²) in [5, 5.41) is 2.71. The summed E-state index contributed by atoms with van der Waals surface area (Å²) in [5.41, 5.74) is 2.62. The highest BCUT2D eigenvalue weighted by molar-refractivity contribution is 6.04. The monoisotopic (exact) mass is 376 g/mol. The first-order valence-corrected chi connectivity index (χ1v) is 9.43. The fourth-order valence-corrected chi connectivity index (χ4v) is 3.34. The molecule has 5 nitrogen and oxygen atoms in total. The number of nitrogens with one attached hydrogen (secondary N) is 1. The van der Waals surface area contributed by atoms with Crippen LogP contribution in [0.3, 0.4) is 0 Å². The van der Waals surface area contributed by atoms with Crippen molar-refractivity contribution >= 4 is 17.5 Å². The van der Waals surface area contributed by atoms with Crippen molar-refractivity contribution in [3.05, 3.63) is 72.3 Å². The van der Waals surface area contributed by atoms with Gasteiger partial charge in [0, 0.05) is 42.3 Å². The quantitative estimate of drug-likeness (QED) is 0.727. The Morgan fingerprint density at radius 2 is 1.68 bits per heavy atom. The Bertz CT molecular complexity index is 968. The molecule has 142 valence electrons. The van der Waals surface area contributed by atoms with Crippen LogP contribution in [0.2, 0.25) is 0 Å². The van der Waals surface area contributed by atoms with E-state index < -0.39 is 5.82 Å². The third kappa shape index (κ3) is 4.17. The fourth-order valence-electron chi connectivity index (χ4n) is 3.34. The van der Waals surface area contributed by atoms with Crippen LogP contribution in [0.25, 0.3) is 11.1 Å². The van der Waals surface area contributed by atoms with Crippen LogP contribution in [0.5, 0.6) is 0 Å². The van der Waals surface area contributed by atoms with Crippen LogP contribution >= 0.6 is 0 Å². The number of benzene rings is 2. The van der Waals surface area contributed by atoms with Gasteiger partial charge in [-0.15, -0.1) is 0 Å². The summed E-state index contributed by atoms with van der Waals surface area (Å²) in [5.74, 6) is 0.0688. The van der Waals surface area contributed by atoms with Gasteiger partial charge in [0.25, 0.3) is 5.91 Å². The van der Waals surface area contributed by atoms with E-state index in [0.29, 0.717) is 11.3 Å². The first-order chi connectivity index (χ1) is 13.7. The smallest absolute Gasteiger partial charge is 0.255 e. The molecule has 0 radical (unpaired) electrons. The van der Waals surface area contributed by atoms with E-state index in [0.717, 1.165) is 30.2 Å². The topological polar surface area (TPSA) is 58.1 Å². The molecule has 1 N–H and O–H groups in total. The molecule has 0 unspecified atom stereocenters. The Morgan fingerprint density at radius 1 is 0.929 bits per heavy atom. The molecule has 1 fully saturated rings. The number of rotatable bonds is 4. The summed E-state index contributed by atoms with van der Waals surface area (Å²) in [6, 6.07) is 13.1. The third-order valence-corrected chi connectivity index (χ3v) is 4.82. The molecular formula is C22H21FN4O. The summed E-state index contributed by atoms with van der Waals surface area (Å²) >= 11 is 0. The predicted octanol–water partition coefficient (Wildman–Crippen LogP) is 4.53. The minimum atomic E-state index is -0.391. The van der Waals surface area contributed by atoms with Crippen molar-refractivity contribution in [3.63, 3.8) is 0 Å². The number of aromatic nitrogens is 2. The van der Waals surface area contributed by atoms with Crippen molar-refractivity contribution in [1.82, 2.24) is 9.97 Å². The molecule has 1 aliphatic rings. The largest absolute Gasteiger partial charge is 0.341 e. The van der Waals surface area contributed by atoms with Gasteiger partial charge in [0.1, 0.15) is 5.82 Å². The van der Waals surface area contributed by atoms with Gasteiger partial charge in [-0.3, -0.25) is 4.79 Å². The number of anilines is 2. The van der Waals surface area contributed by atoms with E-state index in [1.54, 1.807) is 36.7 Å². The van der Waals surface area contributed by atoms with Crippen LogP contribution in [0.4, 0.5) is 16.0 Å². The molecule has 6 heteroatoms. The lowest BCUT2D eigenvalue weighted by atomic mass is 10.1. The number of hydrogen-bond donors (Lipinski definition) is 1. The molecule has 0 spiro atoms. The fraction of sp³-hybridized carbons (Fsp3) is 0.227. The van der Waals surface area contributed by atoms with E-state index >= 15 is 0 Å². The van der Waals surface area contributed by atoms with E-state index in [2.05, 4.69) is 20.2 Å². The average molecular weight is 376 g/mol. The Labute approximate surface area is 163 Å². The van der Waals surface area contributed by atoms with E-state index in [-0.39, 0.29) is 5.91 Å². The highest BCUT2D eigenvalue weighted by Gasteiger charge is 2.14. The predicted molar refractivity (Wildman–Crippen MR) is 108 cm³/mol. The second kappa shape index (κ2) is 8.17. The molecular weight excluding hydrogens is 355 g/mol. The lowest BCUT2D eigenvalue weighted by Gasteiger charge is -2.26. The SMILES string of the molecule is O=C(Nc1cccc(F)c1)c1cccc(-c2cnc(N3CCCCC3)nc2)c1. The van der Waals surface area contributed by atoms with E-state index in [4.69, 9.17) is 0 Å². The Kier molecular flexibility index (Phi) is 5.28. The van der Waals surface area contributed by atoms with Crippen molar-refractivity contribution in [2.24, 2.45) is 0 Å². The first kappa shape index (κ1) is 18.1. The van der Waals surface area contributed by atoms with Crippen LogP contribution in [0.1, 0.15) is 29.6 Å². The van der Waals surface area contributed by atoms with Crippen molar-refractivity contribution < 1.29 is 9.18 Å². The standard InChI is InChI=1S/C22H21FN4O/c23-19-8-5-9-20(13-19)26-21(28)17-7-4-6-16(12-17)18-14-24-22(25-15-18)27-10-2-1-3-11-27/h4-9,12-15H,1-3,10-11H2,(H,26,28). The maximum Gasteiger partial charge on any atom is 0.255 e. The van der Waals surface area contributed by atoms with Crippen LogP contribution in [0, 0.1) is 5.82 Å². The third-order valence-electron chi connectivity index (χ3n) is 4.82. The van der Waals surface area contributed by atoms with Gasteiger partial charge in [0.05, 0.1) is 0 Å². The lowest BCUT2D eigenvalue weighted by molar-refractivity contribution is 0.102. The van der Waals surface area contributed by atoms with E-state index in [1.807, 2.05) is 12.1 Å². The molecule has 4 rings (SSSR count). The van der Waals surface area contributed by atoms with Crippen molar-refractivity contribution in [2.45, 2.75) is 19.3 Å². The molecule has 0 saturated carbocycles. The zero-order valence-corrected chi connectivity index (χ0v) is 15.4. The van der Waals surface area contributed by atoms with Gasteiger partial charge in [0.15, 0.2) is 0 Å². The van der Waals surface area contributed by atoms with Crippen LogP contribution in [0.15, 0.2) is 60.9 Å². The second-order valence-corrected chi connectivity index (χ2v) is 6.86. The molecule has 1 saturated heterocycles. The van der Waals surface area contributed by atoms with Crippen molar-refractivity contribution in [3.8, 4) is 11.1 Å². The normalized spacial score (nSPS) is 14.0. The number of amides is 1. The van der Waals surface area contributed by atoms with Gasteiger partial charge < -0.3 is 10.2 Å². The molecule has 1 aliphatic heterocycles. The maximum atomic E-state index is 13.3. The van der Waals surface area contributed by atoms with Gasteiger partial charge in [-0.1, -0.05) is 18.2 Å². The number of hydrogen-bond acceptors (Lipinski definition) is 4. The summed E-state index contributed by atoms with van der Waals surface area (Å²) in [7, 11) is 0. The van der Waals surface area contributed by atoms with Gasteiger partial charge >= 0.3 is 0 Å². The summed E-state index contributed by atoms with van der Waals surface area (Å²) in [6.07, 6.45) is 7.20. The zero-order chi connectivity index (χ0) is 19.3. The minimum Gasteiger partial charge on any atom is -0.341 e. The van der Waals surface area contributed by atoms with Crippen LogP contribution in [-0.2, 0) is 0 Å². The number of piperidine rings is 1. The van der Waals surface area contributed by atoms with Crippen molar-refractivity contribution in [2.75, 3.05) is 23.3 Å². The molecule has 28 heavy (non-hydrogen) atoms. The number of carbonyl (C=O) groups is 1. The molecule has 2 aromatic carbocycles. The van der Waals surface area contributed by atoms with Crippen molar-refractivity contribution in [1.29, 1.82) is 0 Å². The Morgan fingerprint density at radius 3 is 2.43 bits per heavy atom. The number of carbonyl (C=O) groups excluding carboxylic acids is 1. The number of halogens is 1. The lowest BCUT2D eigenvalue weighted by Crippen LogP contribution is -2.30. The molecule has 0 bridgehead atoms. The van der Waals surface area contributed by atoms with Gasteiger partial charge in [-0.2, -0.15) is 0 Å².